The second kappa shape index (κ2) is 13.5. The Labute approximate surface area is 229 Å². The van der Waals surface area contributed by atoms with E-state index in [1.807, 2.05) is 60.7 Å². The van der Waals surface area contributed by atoms with Gasteiger partial charge in [-0.15, -0.1) is 0 Å². The number of H-pyrrole nitrogens is 1. The van der Waals surface area contributed by atoms with Crippen molar-refractivity contribution in [3.63, 3.8) is 0 Å². The van der Waals surface area contributed by atoms with Crippen LogP contribution in [0, 0.1) is 0 Å². The number of fused-ring (bicyclic) bond motifs is 1. The van der Waals surface area contributed by atoms with Crippen molar-refractivity contribution >= 4 is 29.1 Å². The average Bonchev–Trinajstić information content (AvgIpc) is 3.36. The molecule has 1 unspecified atom stereocenters. The number of nitrogen functional groups attached to an aromatic ring is 1. The van der Waals surface area contributed by atoms with E-state index < -0.39 is 35.7 Å². The summed E-state index contributed by atoms with van der Waals surface area (Å²) in [6, 6.07) is 16.8. The monoisotopic (exact) mass is 549 g/mol. The second-order valence-electron chi connectivity index (χ2n) is 9.11. The first-order chi connectivity index (χ1) is 19.3. The van der Waals surface area contributed by atoms with Crippen molar-refractivity contribution in [2.45, 2.75) is 37.8 Å². The van der Waals surface area contributed by atoms with Gasteiger partial charge in [0.1, 0.15) is 38.1 Å². The summed E-state index contributed by atoms with van der Waals surface area (Å²) in [7, 11) is 0. The molecule has 0 spiro atoms. The van der Waals surface area contributed by atoms with Gasteiger partial charge in [0.15, 0.2) is 11.2 Å². The zero-order valence-corrected chi connectivity index (χ0v) is 21.6. The van der Waals surface area contributed by atoms with Crippen molar-refractivity contribution in [3.05, 3.63) is 88.5 Å². The molecule has 210 valence electrons. The van der Waals surface area contributed by atoms with Crippen LogP contribution in [0.25, 0.3) is 11.2 Å². The first-order valence-corrected chi connectivity index (χ1v) is 12.5. The van der Waals surface area contributed by atoms with E-state index >= 15 is 0 Å². The van der Waals surface area contributed by atoms with Crippen molar-refractivity contribution in [1.29, 1.82) is 0 Å². The number of rotatable bonds is 13. The quantitative estimate of drug-likeness (QED) is 0.167. The summed E-state index contributed by atoms with van der Waals surface area (Å²) in [4.78, 5) is 47.7. The third-order valence-electron chi connectivity index (χ3n) is 5.97. The first kappa shape index (κ1) is 28.4. The van der Waals surface area contributed by atoms with Gasteiger partial charge >= 0.3 is 11.9 Å². The lowest BCUT2D eigenvalue weighted by atomic mass is 10.1. The number of aromatic nitrogens is 4. The smallest absolute Gasteiger partial charge is 0.323 e. The molecule has 0 aliphatic heterocycles. The predicted octanol–water partition coefficient (Wildman–Crippen LogP) is 0.271. The van der Waals surface area contributed by atoms with Gasteiger partial charge in [0.05, 0.1) is 6.33 Å². The van der Waals surface area contributed by atoms with E-state index in [-0.39, 0.29) is 49.9 Å². The lowest BCUT2D eigenvalue weighted by Gasteiger charge is -2.20. The number of hydrogen-bond donors (Lipinski definition) is 4. The van der Waals surface area contributed by atoms with Gasteiger partial charge in [0.25, 0.3) is 5.56 Å². The number of nitrogens with zero attached hydrogens (tertiary/aromatic N) is 3. The maximum absolute atomic E-state index is 12.6. The maximum Gasteiger partial charge on any atom is 0.323 e. The number of anilines is 1. The molecule has 4 rings (SSSR count). The summed E-state index contributed by atoms with van der Waals surface area (Å²) < 4.78 is 18.1. The summed E-state index contributed by atoms with van der Waals surface area (Å²) >= 11 is 0. The Morgan fingerprint density at radius 1 is 0.875 bits per heavy atom. The van der Waals surface area contributed by atoms with Crippen molar-refractivity contribution < 1.29 is 23.8 Å². The highest BCUT2D eigenvalue weighted by molar-refractivity contribution is 5.76. The van der Waals surface area contributed by atoms with Crippen molar-refractivity contribution in [2.24, 2.45) is 11.5 Å². The Morgan fingerprint density at radius 3 is 1.93 bits per heavy atom. The largest absolute Gasteiger partial charge is 0.462 e. The molecule has 7 N–H and O–H groups in total. The average molecular weight is 550 g/mol. The van der Waals surface area contributed by atoms with Crippen molar-refractivity contribution in [3.8, 4) is 0 Å². The highest BCUT2D eigenvalue weighted by Gasteiger charge is 2.23. The standard InChI is InChI=1S/C27H31N7O6/c28-20(11-17-7-3-1-4-8-17)25(36)38-13-19(14-39-26(37)21(29)12-18-9-5-2-6-10-18)40-16-34-15-31-22-23(34)32-27(30)33-24(22)35/h1-10,15,19-21H,11-14,16,28-29H2,(H3,30,32,33,35)/t19?,20-,21+. The number of carbonyl (C=O) groups is 2. The Balaban J connectivity index is 1.38. The molecule has 0 bridgehead atoms. The predicted molar refractivity (Wildman–Crippen MR) is 146 cm³/mol. The SMILES string of the molecule is Nc1nc2c(ncn2COC(COC(=O)[C@H](N)Cc2ccccc2)COC(=O)[C@@H](N)Cc2ccccc2)c(=O)[nH]1. The van der Waals surface area contributed by atoms with Crippen LogP contribution in [0.15, 0.2) is 71.8 Å². The zero-order valence-electron chi connectivity index (χ0n) is 21.6. The Hall–Kier alpha value is -4.59. The highest BCUT2D eigenvalue weighted by atomic mass is 16.6. The van der Waals surface area contributed by atoms with Crippen molar-refractivity contribution in [2.75, 3.05) is 18.9 Å². The summed E-state index contributed by atoms with van der Waals surface area (Å²) in [6.07, 6.45) is 1.04. The fraction of sp³-hybridized carbons (Fsp3) is 0.296. The molecular formula is C27H31N7O6. The maximum atomic E-state index is 12.6. The van der Waals surface area contributed by atoms with Gasteiger partial charge in [-0.3, -0.25) is 23.9 Å². The van der Waals surface area contributed by atoms with Crippen LogP contribution in [0.2, 0.25) is 0 Å². The third kappa shape index (κ3) is 7.72. The van der Waals surface area contributed by atoms with Gasteiger partial charge in [-0.2, -0.15) is 4.98 Å². The van der Waals surface area contributed by atoms with Crippen LogP contribution >= 0.6 is 0 Å². The Bertz CT molecular complexity index is 1410. The van der Waals surface area contributed by atoms with Crippen LogP contribution in [0.4, 0.5) is 5.95 Å². The minimum atomic E-state index is -0.901. The lowest BCUT2D eigenvalue weighted by Crippen LogP contribution is -2.39. The number of imidazole rings is 1. The molecule has 13 nitrogen and oxygen atoms in total. The molecule has 40 heavy (non-hydrogen) atoms. The summed E-state index contributed by atoms with van der Waals surface area (Å²) in [5, 5.41) is 0. The van der Waals surface area contributed by atoms with Gasteiger partial charge in [0, 0.05) is 0 Å². The van der Waals surface area contributed by atoms with Gasteiger partial charge in [0.2, 0.25) is 5.95 Å². The normalized spacial score (nSPS) is 13.4. The van der Waals surface area contributed by atoms with E-state index in [9.17, 15) is 14.4 Å². The van der Waals surface area contributed by atoms with E-state index in [0.717, 1.165) is 11.1 Å². The van der Waals surface area contributed by atoms with E-state index in [2.05, 4.69) is 15.0 Å². The number of benzene rings is 2. The molecule has 0 radical (unpaired) electrons. The number of ether oxygens (including phenoxy) is 3. The molecule has 0 saturated carbocycles. The fourth-order valence-corrected chi connectivity index (χ4v) is 3.86. The molecule has 2 aromatic heterocycles. The molecule has 4 aromatic rings. The molecule has 13 heteroatoms. The molecule has 2 heterocycles. The number of carbonyl (C=O) groups excluding carboxylic acids is 2. The highest BCUT2D eigenvalue weighted by Crippen LogP contribution is 2.10. The molecule has 0 aliphatic rings. The second-order valence-corrected chi connectivity index (χ2v) is 9.11. The summed E-state index contributed by atoms with van der Waals surface area (Å²) in [5.41, 5.74) is 19.3. The minimum absolute atomic E-state index is 0.0750. The molecule has 2 aromatic carbocycles. The molecular weight excluding hydrogens is 518 g/mol. The summed E-state index contributed by atoms with van der Waals surface area (Å²) in [6.45, 7) is -0.672. The van der Waals surface area contributed by atoms with Gasteiger partial charge in [-0.1, -0.05) is 60.7 Å². The number of nitrogens with one attached hydrogen (secondary N) is 1. The van der Waals surface area contributed by atoms with Crippen LogP contribution in [0.5, 0.6) is 0 Å². The van der Waals surface area contributed by atoms with E-state index in [0.29, 0.717) is 0 Å². The lowest BCUT2D eigenvalue weighted by molar-refractivity contribution is -0.159. The number of aromatic amines is 1. The van der Waals surface area contributed by atoms with Crippen LogP contribution in [-0.2, 0) is 43.4 Å². The number of hydrogen-bond acceptors (Lipinski definition) is 11. The van der Waals surface area contributed by atoms with Crippen LogP contribution in [0.3, 0.4) is 0 Å². The van der Waals surface area contributed by atoms with Crippen LogP contribution in [0.1, 0.15) is 11.1 Å². The van der Waals surface area contributed by atoms with Gasteiger partial charge < -0.3 is 31.4 Å². The van der Waals surface area contributed by atoms with Crippen molar-refractivity contribution in [1.82, 2.24) is 19.5 Å². The Morgan fingerprint density at radius 2 is 1.40 bits per heavy atom. The molecule has 3 atom stereocenters. The van der Waals surface area contributed by atoms with E-state index in [1.54, 1.807) is 0 Å². The van der Waals surface area contributed by atoms with E-state index in [1.165, 1.54) is 10.9 Å². The summed E-state index contributed by atoms with van der Waals surface area (Å²) in [5.74, 6) is -1.37. The minimum Gasteiger partial charge on any atom is -0.462 e. The first-order valence-electron chi connectivity index (χ1n) is 12.5. The Kier molecular flexibility index (Phi) is 9.57. The zero-order chi connectivity index (χ0) is 28.5. The molecule has 0 amide bonds. The molecule has 0 fully saturated rings. The van der Waals surface area contributed by atoms with E-state index in [4.69, 9.17) is 31.4 Å². The number of esters is 2. The van der Waals surface area contributed by atoms with Crippen LogP contribution in [-0.4, -0.2) is 62.9 Å². The number of nitrogens with two attached hydrogens (primary N) is 3. The van der Waals surface area contributed by atoms with Gasteiger partial charge in [-0.05, 0) is 24.0 Å². The van der Waals surface area contributed by atoms with Gasteiger partial charge in [-0.25, -0.2) is 4.98 Å². The molecule has 0 aliphatic carbocycles. The van der Waals surface area contributed by atoms with Crippen LogP contribution < -0.4 is 22.8 Å². The third-order valence-corrected chi connectivity index (χ3v) is 5.97. The molecule has 0 saturated heterocycles. The topological polar surface area (TPSA) is 203 Å². The fourth-order valence-electron chi connectivity index (χ4n) is 3.86.